The van der Waals surface area contributed by atoms with Crippen molar-refractivity contribution in [2.75, 3.05) is 7.11 Å². The topological polar surface area (TPSA) is 91.0 Å². The van der Waals surface area contributed by atoms with Crippen LogP contribution in [0.25, 0.3) is 6.08 Å². The standard InChI is InChI=1S/C17H10Cl2N2O5/c1-25-15-5-2-9(7-14(15)21(23)24)6-13-17(22)26-16(20-13)11-8-10(18)3-4-12(11)19/h2-8H,1H3. The van der Waals surface area contributed by atoms with Crippen LogP contribution in [0, 0.1) is 10.1 Å². The summed E-state index contributed by atoms with van der Waals surface area (Å²) in [4.78, 5) is 26.7. The molecule has 0 spiro atoms. The van der Waals surface area contributed by atoms with Gasteiger partial charge in [-0.3, -0.25) is 10.1 Å². The number of hydrogen-bond acceptors (Lipinski definition) is 6. The van der Waals surface area contributed by atoms with Gasteiger partial charge in [0, 0.05) is 11.1 Å². The van der Waals surface area contributed by atoms with Gasteiger partial charge >= 0.3 is 11.7 Å². The van der Waals surface area contributed by atoms with E-state index in [2.05, 4.69) is 4.99 Å². The molecule has 1 aliphatic rings. The van der Waals surface area contributed by atoms with Crippen LogP contribution in [0.5, 0.6) is 5.75 Å². The van der Waals surface area contributed by atoms with E-state index in [1.165, 1.54) is 31.4 Å². The fraction of sp³-hybridized carbons (Fsp3) is 0.0588. The number of benzene rings is 2. The third kappa shape index (κ3) is 3.54. The van der Waals surface area contributed by atoms with E-state index in [1.807, 2.05) is 0 Å². The van der Waals surface area contributed by atoms with Crippen LogP contribution in [0.3, 0.4) is 0 Å². The predicted molar refractivity (Wildman–Crippen MR) is 96.7 cm³/mol. The van der Waals surface area contributed by atoms with Gasteiger partial charge in [0.15, 0.2) is 11.4 Å². The second-order valence-corrected chi connectivity index (χ2v) is 5.99. The summed E-state index contributed by atoms with van der Waals surface area (Å²) in [6, 6.07) is 8.95. The van der Waals surface area contributed by atoms with Gasteiger partial charge in [0.2, 0.25) is 5.90 Å². The first kappa shape index (κ1) is 17.9. The third-order valence-corrected chi connectivity index (χ3v) is 4.05. The zero-order valence-electron chi connectivity index (χ0n) is 13.2. The van der Waals surface area contributed by atoms with Crippen molar-refractivity contribution in [2.24, 2.45) is 4.99 Å². The van der Waals surface area contributed by atoms with Gasteiger partial charge in [-0.1, -0.05) is 29.3 Å². The van der Waals surface area contributed by atoms with Crippen LogP contribution in [0.15, 0.2) is 47.1 Å². The monoisotopic (exact) mass is 392 g/mol. The Morgan fingerprint density at radius 1 is 1.23 bits per heavy atom. The number of aliphatic imine (C=N–C) groups is 1. The number of ether oxygens (including phenoxy) is 2. The van der Waals surface area contributed by atoms with Crippen molar-refractivity contribution in [2.45, 2.75) is 0 Å². The van der Waals surface area contributed by atoms with Crippen LogP contribution in [0.4, 0.5) is 5.69 Å². The lowest BCUT2D eigenvalue weighted by molar-refractivity contribution is -0.385. The fourth-order valence-electron chi connectivity index (χ4n) is 2.28. The molecule has 132 valence electrons. The van der Waals surface area contributed by atoms with Gasteiger partial charge in [0.1, 0.15) is 0 Å². The van der Waals surface area contributed by atoms with Crippen molar-refractivity contribution in [3.05, 3.63) is 73.4 Å². The van der Waals surface area contributed by atoms with Gasteiger partial charge in [-0.15, -0.1) is 0 Å². The number of halogens is 2. The van der Waals surface area contributed by atoms with Gasteiger partial charge in [0.05, 0.1) is 22.6 Å². The van der Waals surface area contributed by atoms with E-state index in [9.17, 15) is 14.9 Å². The Kier molecular flexibility index (Phi) is 4.92. The van der Waals surface area contributed by atoms with Crippen LogP contribution in [-0.4, -0.2) is 23.9 Å². The summed E-state index contributed by atoms with van der Waals surface area (Å²) < 4.78 is 10.1. The Balaban J connectivity index is 2.00. The second kappa shape index (κ2) is 7.15. The molecule has 1 heterocycles. The van der Waals surface area contributed by atoms with E-state index in [4.69, 9.17) is 32.7 Å². The first-order chi connectivity index (χ1) is 12.4. The lowest BCUT2D eigenvalue weighted by Gasteiger charge is -2.02. The number of methoxy groups -OCH3 is 1. The number of carbonyl (C=O) groups is 1. The van der Waals surface area contributed by atoms with E-state index in [-0.39, 0.29) is 23.0 Å². The molecular weight excluding hydrogens is 383 g/mol. The minimum atomic E-state index is -0.700. The molecule has 0 saturated carbocycles. The van der Waals surface area contributed by atoms with Crippen molar-refractivity contribution in [1.29, 1.82) is 0 Å². The molecule has 0 saturated heterocycles. The molecule has 0 N–H and O–H groups in total. The van der Waals surface area contributed by atoms with Crippen LogP contribution in [-0.2, 0) is 9.53 Å². The van der Waals surface area contributed by atoms with E-state index >= 15 is 0 Å². The highest BCUT2D eigenvalue weighted by molar-refractivity contribution is 6.36. The minimum absolute atomic E-state index is 0.0109. The Morgan fingerprint density at radius 3 is 2.69 bits per heavy atom. The first-order valence-corrected chi connectivity index (χ1v) is 7.95. The number of hydrogen-bond donors (Lipinski definition) is 0. The highest BCUT2D eigenvalue weighted by Crippen LogP contribution is 2.30. The molecule has 3 rings (SSSR count). The van der Waals surface area contributed by atoms with Crippen molar-refractivity contribution < 1.29 is 19.2 Å². The quantitative estimate of drug-likeness (QED) is 0.335. The molecule has 2 aromatic rings. The average Bonchev–Trinajstić information content (AvgIpc) is 2.97. The van der Waals surface area contributed by atoms with Crippen molar-refractivity contribution >= 4 is 46.8 Å². The number of esters is 1. The number of cyclic esters (lactones) is 1. The van der Waals surface area contributed by atoms with Gasteiger partial charge in [-0.25, -0.2) is 9.79 Å². The van der Waals surface area contributed by atoms with Crippen LogP contribution < -0.4 is 4.74 Å². The molecule has 0 unspecified atom stereocenters. The number of rotatable bonds is 4. The van der Waals surface area contributed by atoms with Gasteiger partial charge in [0.25, 0.3) is 0 Å². The molecular formula is C17H10Cl2N2O5. The lowest BCUT2D eigenvalue weighted by Crippen LogP contribution is -2.06. The second-order valence-electron chi connectivity index (χ2n) is 5.15. The Labute approximate surface area is 157 Å². The predicted octanol–water partition coefficient (Wildman–Crippen LogP) is 4.25. The van der Waals surface area contributed by atoms with E-state index < -0.39 is 10.9 Å². The summed E-state index contributed by atoms with van der Waals surface area (Å²) in [5.41, 5.74) is 0.522. The summed E-state index contributed by atoms with van der Waals surface area (Å²) in [6.07, 6.45) is 1.38. The normalized spacial score (nSPS) is 15.0. The van der Waals surface area contributed by atoms with Crippen LogP contribution >= 0.6 is 23.2 Å². The van der Waals surface area contributed by atoms with Crippen molar-refractivity contribution in [3.63, 3.8) is 0 Å². The molecule has 26 heavy (non-hydrogen) atoms. The Morgan fingerprint density at radius 2 is 2.00 bits per heavy atom. The highest BCUT2D eigenvalue weighted by Gasteiger charge is 2.26. The summed E-state index contributed by atoms with van der Waals surface area (Å²) in [7, 11) is 1.33. The number of nitro benzene ring substituents is 1. The smallest absolute Gasteiger partial charge is 0.363 e. The molecule has 0 fully saturated rings. The largest absolute Gasteiger partial charge is 0.490 e. The Bertz CT molecular complexity index is 985. The zero-order chi connectivity index (χ0) is 18.8. The maximum Gasteiger partial charge on any atom is 0.363 e. The fourth-order valence-corrected chi connectivity index (χ4v) is 2.65. The summed E-state index contributed by atoms with van der Waals surface area (Å²) in [5, 5.41) is 11.8. The molecule has 0 radical (unpaired) electrons. The maximum atomic E-state index is 12.1. The summed E-state index contributed by atoms with van der Waals surface area (Å²) in [6.45, 7) is 0. The molecule has 0 amide bonds. The van der Waals surface area contributed by atoms with Crippen molar-refractivity contribution in [1.82, 2.24) is 0 Å². The average molecular weight is 393 g/mol. The van der Waals surface area contributed by atoms with Gasteiger partial charge in [-0.05, 0) is 35.9 Å². The highest BCUT2D eigenvalue weighted by atomic mass is 35.5. The molecule has 0 bridgehead atoms. The van der Waals surface area contributed by atoms with Crippen LogP contribution in [0.1, 0.15) is 11.1 Å². The van der Waals surface area contributed by atoms with E-state index in [0.29, 0.717) is 21.2 Å². The Hall–Kier alpha value is -2.90. The number of carbonyl (C=O) groups excluding carboxylic acids is 1. The molecule has 2 aromatic carbocycles. The van der Waals surface area contributed by atoms with Crippen LogP contribution in [0.2, 0.25) is 10.0 Å². The lowest BCUT2D eigenvalue weighted by atomic mass is 10.1. The van der Waals surface area contributed by atoms with Gasteiger partial charge < -0.3 is 9.47 Å². The van der Waals surface area contributed by atoms with Gasteiger partial charge in [-0.2, -0.15) is 0 Å². The zero-order valence-corrected chi connectivity index (χ0v) is 14.7. The number of nitro groups is 1. The molecule has 9 heteroatoms. The SMILES string of the molecule is COc1ccc(C=C2N=C(c3cc(Cl)ccc3Cl)OC2=O)cc1[N+](=O)[O-]. The minimum Gasteiger partial charge on any atom is -0.490 e. The third-order valence-electron chi connectivity index (χ3n) is 3.48. The molecule has 7 nitrogen and oxygen atoms in total. The van der Waals surface area contributed by atoms with E-state index in [0.717, 1.165) is 0 Å². The number of nitrogens with zero attached hydrogens (tertiary/aromatic N) is 2. The summed E-state index contributed by atoms with van der Waals surface area (Å²) in [5.74, 6) is -0.577. The van der Waals surface area contributed by atoms with E-state index in [1.54, 1.807) is 18.2 Å². The molecule has 0 atom stereocenters. The maximum absolute atomic E-state index is 12.1. The molecule has 0 aliphatic carbocycles. The molecule has 1 aliphatic heterocycles. The first-order valence-electron chi connectivity index (χ1n) is 7.19. The van der Waals surface area contributed by atoms with Crippen molar-refractivity contribution in [3.8, 4) is 5.75 Å². The molecule has 0 aromatic heterocycles. The summed E-state index contributed by atoms with van der Waals surface area (Å²) >= 11 is 12.0.